The molecule has 7 nitrogen and oxygen atoms in total. The Kier molecular flexibility index (Phi) is 6.56. The number of hydrogen-bond donors (Lipinski definition) is 0. The maximum atomic E-state index is 14.7. The Balaban J connectivity index is 1.54. The molecule has 0 bridgehead atoms. The molecule has 39 heavy (non-hydrogen) atoms. The van der Waals surface area contributed by atoms with Gasteiger partial charge in [0.05, 0.1) is 22.3 Å². The van der Waals surface area contributed by atoms with E-state index in [9.17, 15) is 13.2 Å². The largest absolute Gasteiger partial charge is 0.492 e. The van der Waals surface area contributed by atoms with Crippen LogP contribution in [0.3, 0.4) is 0 Å². The predicted molar refractivity (Wildman–Crippen MR) is 143 cm³/mol. The van der Waals surface area contributed by atoms with Gasteiger partial charge in [0.15, 0.2) is 5.82 Å². The second-order valence-electron chi connectivity index (χ2n) is 9.65. The molecule has 3 aromatic carbocycles. The van der Waals surface area contributed by atoms with Crippen molar-refractivity contribution in [3.63, 3.8) is 0 Å². The van der Waals surface area contributed by atoms with Crippen LogP contribution >= 0.6 is 0 Å². The number of rotatable bonds is 7. The summed E-state index contributed by atoms with van der Waals surface area (Å²) in [6, 6.07) is 18.2. The third-order valence-electron chi connectivity index (χ3n) is 7.14. The van der Waals surface area contributed by atoms with Crippen molar-refractivity contribution in [2.45, 2.75) is 19.0 Å². The van der Waals surface area contributed by atoms with Crippen LogP contribution in [0.5, 0.6) is 5.75 Å². The predicted octanol–water partition coefficient (Wildman–Crippen LogP) is 5.98. The second kappa shape index (κ2) is 10.2. The normalized spacial score (nSPS) is 14.4. The van der Waals surface area contributed by atoms with E-state index in [-0.39, 0.29) is 23.4 Å². The van der Waals surface area contributed by atoms with Gasteiger partial charge in [-0.15, -0.1) is 10.2 Å². The molecule has 1 aliphatic heterocycles. The summed E-state index contributed by atoms with van der Waals surface area (Å²) in [5, 5.41) is 8.36. The Morgan fingerprint density at radius 3 is 2.44 bits per heavy atom. The van der Waals surface area contributed by atoms with Crippen molar-refractivity contribution >= 4 is 11.0 Å². The van der Waals surface area contributed by atoms with E-state index in [0.29, 0.717) is 23.6 Å². The topological polar surface area (TPSA) is 61.0 Å². The fraction of sp³-hybridized carbons (Fsp3) is 0.276. The van der Waals surface area contributed by atoms with Crippen LogP contribution in [0.2, 0.25) is 0 Å². The highest BCUT2D eigenvalue weighted by atomic mass is 19.4. The average Bonchev–Trinajstić information content (AvgIpc) is 3.69. The molecule has 0 atom stereocenters. The van der Waals surface area contributed by atoms with E-state index >= 15 is 0 Å². The Bertz CT molecular complexity index is 1600. The molecule has 1 fully saturated rings. The first-order chi connectivity index (χ1) is 18.9. The lowest BCUT2D eigenvalue weighted by molar-refractivity contribution is -0.137. The van der Waals surface area contributed by atoms with Gasteiger partial charge in [0, 0.05) is 13.6 Å². The van der Waals surface area contributed by atoms with Crippen LogP contribution in [0.4, 0.5) is 13.2 Å². The number of ether oxygens (including phenoxy) is 1. The summed E-state index contributed by atoms with van der Waals surface area (Å²) in [6.45, 7) is 2.66. The fourth-order valence-corrected chi connectivity index (χ4v) is 5.30. The molecule has 0 amide bonds. The van der Waals surface area contributed by atoms with Gasteiger partial charge in [0.1, 0.15) is 30.6 Å². The molecule has 0 unspecified atom stereocenters. The van der Waals surface area contributed by atoms with Crippen molar-refractivity contribution in [3.8, 4) is 34.0 Å². The molecule has 3 heterocycles. The highest BCUT2D eigenvalue weighted by Crippen LogP contribution is 2.43. The lowest BCUT2D eigenvalue weighted by atomic mass is 9.97. The van der Waals surface area contributed by atoms with E-state index in [0.717, 1.165) is 37.1 Å². The fourth-order valence-electron chi connectivity index (χ4n) is 5.30. The molecule has 2 aromatic heterocycles. The lowest BCUT2D eigenvalue weighted by Crippen LogP contribution is -2.25. The first-order valence-electron chi connectivity index (χ1n) is 12.9. The summed E-state index contributed by atoms with van der Waals surface area (Å²) in [5.41, 5.74) is 2.21. The molecular formula is C29H27F3N6O. The molecule has 1 aliphatic rings. The summed E-state index contributed by atoms with van der Waals surface area (Å²) in [4.78, 5) is 6.56. The molecule has 0 aliphatic carbocycles. The van der Waals surface area contributed by atoms with Crippen LogP contribution < -0.4 is 4.74 Å². The van der Waals surface area contributed by atoms with Crippen molar-refractivity contribution < 1.29 is 17.9 Å². The second-order valence-corrected chi connectivity index (χ2v) is 9.65. The smallest absolute Gasteiger partial charge is 0.422 e. The van der Waals surface area contributed by atoms with E-state index in [1.807, 2.05) is 42.5 Å². The molecule has 1 saturated heterocycles. The SMILES string of the molecule is Cn1cnnc1-c1c(-c2ccccc2)cccc1-n1cnc2ccc(OCCN3CCCC3)c(C(F)(F)F)c21. The van der Waals surface area contributed by atoms with Crippen molar-refractivity contribution in [2.24, 2.45) is 7.05 Å². The number of halogens is 3. The molecule has 6 rings (SSSR count). The molecule has 5 aromatic rings. The number of aryl methyl sites for hydroxylation is 1. The zero-order chi connectivity index (χ0) is 27.0. The van der Waals surface area contributed by atoms with Crippen molar-refractivity contribution in [1.82, 2.24) is 29.2 Å². The van der Waals surface area contributed by atoms with Crippen LogP contribution in [0.25, 0.3) is 39.2 Å². The number of likely N-dealkylation sites (tertiary alicyclic amines) is 1. The van der Waals surface area contributed by atoms with Crippen molar-refractivity contribution in [2.75, 3.05) is 26.2 Å². The van der Waals surface area contributed by atoms with Gasteiger partial charge in [-0.05, 0) is 55.3 Å². The van der Waals surface area contributed by atoms with E-state index in [1.165, 1.54) is 17.0 Å². The lowest BCUT2D eigenvalue weighted by Gasteiger charge is -2.20. The molecular weight excluding hydrogens is 505 g/mol. The van der Waals surface area contributed by atoms with Gasteiger partial charge in [-0.1, -0.05) is 42.5 Å². The number of nitrogens with zero attached hydrogens (tertiary/aromatic N) is 6. The third-order valence-corrected chi connectivity index (χ3v) is 7.14. The molecule has 0 radical (unpaired) electrons. The highest BCUT2D eigenvalue weighted by Gasteiger charge is 2.39. The Morgan fingerprint density at radius 2 is 1.72 bits per heavy atom. The minimum atomic E-state index is -4.66. The zero-order valence-corrected chi connectivity index (χ0v) is 21.4. The van der Waals surface area contributed by atoms with Crippen molar-refractivity contribution in [1.29, 1.82) is 0 Å². The summed E-state index contributed by atoms with van der Waals surface area (Å²) < 4.78 is 53.1. The quantitative estimate of drug-likeness (QED) is 0.258. The Labute approximate surface area is 223 Å². The minimum absolute atomic E-state index is 0.0604. The molecule has 0 spiro atoms. The van der Waals surface area contributed by atoms with Gasteiger partial charge < -0.3 is 9.30 Å². The summed E-state index contributed by atoms with van der Waals surface area (Å²) in [5.74, 6) is 0.327. The number of imidazole rings is 1. The standard InChI is InChI=1S/C29H27F3N6O/c1-36-19-34-35-28(36)25-21(20-8-3-2-4-9-20)10-7-11-23(25)38-18-33-22-12-13-24(26(27(22)38)29(30,31)32)39-17-16-37-14-5-6-15-37/h2-4,7-13,18-19H,5-6,14-17H2,1H3. The minimum Gasteiger partial charge on any atom is -0.492 e. The Morgan fingerprint density at radius 1 is 0.923 bits per heavy atom. The Hall–Kier alpha value is -4.18. The van der Waals surface area contributed by atoms with Crippen LogP contribution in [0.1, 0.15) is 18.4 Å². The van der Waals surface area contributed by atoms with Gasteiger partial charge in [0.25, 0.3) is 0 Å². The number of benzene rings is 3. The van der Waals surface area contributed by atoms with Gasteiger partial charge in [-0.3, -0.25) is 9.47 Å². The van der Waals surface area contributed by atoms with Gasteiger partial charge in [-0.25, -0.2) is 4.98 Å². The summed E-state index contributed by atoms with van der Waals surface area (Å²) >= 11 is 0. The van der Waals surface area contributed by atoms with Crippen LogP contribution in [0.15, 0.2) is 73.3 Å². The van der Waals surface area contributed by atoms with E-state index in [1.54, 1.807) is 30.1 Å². The highest BCUT2D eigenvalue weighted by molar-refractivity contribution is 5.90. The van der Waals surface area contributed by atoms with Gasteiger partial charge in [0.2, 0.25) is 0 Å². The first-order valence-corrected chi connectivity index (χ1v) is 12.9. The maximum Gasteiger partial charge on any atom is 0.422 e. The molecule has 0 N–H and O–H groups in total. The third kappa shape index (κ3) is 4.76. The van der Waals surface area contributed by atoms with E-state index < -0.39 is 11.7 Å². The average molecular weight is 533 g/mol. The first kappa shape index (κ1) is 25.1. The molecule has 200 valence electrons. The number of alkyl halides is 3. The van der Waals surface area contributed by atoms with Crippen LogP contribution in [0, 0.1) is 0 Å². The summed E-state index contributed by atoms with van der Waals surface area (Å²) in [7, 11) is 1.81. The monoisotopic (exact) mass is 532 g/mol. The molecule has 0 saturated carbocycles. The van der Waals surface area contributed by atoms with Crippen LogP contribution in [-0.4, -0.2) is 55.5 Å². The number of fused-ring (bicyclic) bond motifs is 1. The van der Waals surface area contributed by atoms with Gasteiger partial charge >= 0.3 is 6.18 Å². The van der Waals surface area contributed by atoms with Crippen molar-refractivity contribution in [3.05, 3.63) is 78.9 Å². The van der Waals surface area contributed by atoms with E-state index in [4.69, 9.17) is 4.74 Å². The number of aromatic nitrogens is 5. The summed E-state index contributed by atoms with van der Waals surface area (Å²) in [6.07, 6.45) is 0.546. The van der Waals surface area contributed by atoms with Crippen LogP contribution in [-0.2, 0) is 13.2 Å². The number of hydrogen-bond acceptors (Lipinski definition) is 5. The molecule has 10 heteroatoms. The van der Waals surface area contributed by atoms with Gasteiger partial charge in [-0.2, -0.15) is 13.2 Å². The zero-order valence-electron chi connectivity index (χ0n) is 21.4. The maximum absolute atomic E-state index is 14.7. The van der Waals surface area contributed by atoms with E-state index in [2.05, 4.69) is 20.1 Å².